The number of benzene rings is 1. The van der Waals surface area contributed by atoms with E-state index >= 15 is 0 Å². The van der Waals surface area contributed by atoms with Gasteiger partial charge in [-0.15, -0.1) is 0 Å². The number of non-ortho nitro benzene ring substituents is 1. The number of anilines is 1. The number of hydrogen-bond donors (Lipinski definition) is 1. The van der Waals surface area contributed by atoms with Crippen LogP contribution in [0.1, 0.15) is 5.56 Å². The van der Waals surface area contributed by atoms with Gasteiger partial charge in [-0.25, -0.2) is 0 Å². The highest BCUT2D eigenvalue weighted by atomic mass is 16.6. The van der Waals surface area contributed by atoms with Gasteiger partial charge in [0.15, 0.2) is 0 Å². The monoisotopic (exact) mass is 247 g/mol. The molecule has 18 heavy (non-hydrogen) atoms. The first-order chi connectivity index (χ1) is 8.63. The van der Waals surface area contributed by atoms with Gasteiger partial charge in [0.05, 0.1) is 4.92 Å². The first-order valence-corrected chi connectivity index (χ1v) is 6.35. The van der Waals surface area contributed by atoms with Gasteiger partial charge in [0, 0.05) is 44.0 Å². The first-order valence-electron chi connectivity index (χ1n) is 6.35. The van der Waals surface area contributed by atoms with Crippen molar-refractivity contribution in [3.05, 3.63) is 33.9 Å². The Kier molecular flexibility index (Phi) is 2.70. The van der Waals surface area contributed by atoms with Gasteiger partial charge in [0.2, 0.25) is 0 Å². The van der Waals surface area contributed by atoms with Crippen LogP contribution in [0.25, 0.3) is 0 Å². The van der Waals surface area contributed by atoms with E-state index in [9.17, 15) is 10.1 Å². The van der Waals surface area contributed by atoms with Crippen LogP contribution in [0.4, 0.5) is 11.4 Å². The van der Waals surface area contributed by atoms with Crippen LogP contribution in [0.5, 0.6) is 0 Å². The van der Waals surface area contributed by atoms with E-state index in [2.05, 4.69) is 10.2 Å². The van der Waals surface area contributed by atoms with Crippen LogP contribution < -0.4 is 10.2 Å². The average molecular weight is 247 g/mol. The molecule has 0 radical (unpaired) electrons. The fourth-order valence-electron chi connectivity index (χ4n) is 3.10. The number of hydrogen-bond acceptors (Lipinski definition) is 4. The number of nitrogens with zero attached hydrogens (tertiary/aromatic N) is 2. The Bertz CT molecular complexity index is 477. The van der Waals surface area contributed by atoms with E-state index in [0.29, 0.717) is 11.8 Å². The number of nitro benzene ring substituents is 1. The van der Waals surface area contributed by atoms with Crippen molar-refractivity contribution >= 4 is 11.4 Å². The third-order valence-corrected chi connectivity index (χ3v) is 4.01. The topological polar surface area (TPSA) is 58.4 Å². The van der Waals surface area contributed by atoms with Crippen LogP contribution in [-0.2, 0) is 0 Å². The average Bonchev–Trinajstić information content (AvgIpc) is 2.87. The van der Waals surface area contributed by atoms with Crippen LogP contribution in [0.3, 0.4) is 0 Å². The molecule has 2 fully saturated rings. The number of nitrogens with one attached hydrogen (secondary N) is 1. The summed E-state index contributed by atoms with van der Waals surface area (Å²) >= 11 is 0. The van der Waals surface area contributed by atoms with Crippen molar-refractivity contribution in [3.63, 3.8) is 0 Å². The van der Waals surface area contributed by atoms with Crippen molar-refractivity contribution in [2.75, 3.05) is 31.1 Å². The van der Waals surface area contributed by atoms with E-state index in [-0.39, 0.29) is 10.6 Å². The molecule has 5 nitrogen and oxygen atoms in total. The Hall–Kier alpha value is -1.62. The molecule has 0 aromatic heterocycles. The fourth-order valence-corrected chi connectivity index (χ4v) is 3.10. The summed E-state index contributed by atoms with van der Waals surface area (Å²) in [5.74, 6) is 1.40. The molecule has 0 bridgehead atoms. The molecule has 0 spiro atoms. The van der Waals surface area contributed by atoms with Gasteiger partial charge in [-0.05, 0) is 30.4 Å². The lowest BCUT2D eigenvalue weighted by atomic mass is 10.0. The minimum atomic E-state index is -0.311. The number of rotatable bonds is 2. The lowest BCUT2D eigenvalue weighted by Crippen LogP contribution is -2.25. The van der Waals surface area contributed by atoms with Gasteiger partial charge in [0.25, 0.3) is 5.69 Å². The molecule has 96 valence electrons. The minimum absolute atomic E-state index is 0.195. The molecule has 2 aliphatic rings. The summed E-state index contributed by atoms with van der Waals surface area (Å²) in [4.78, 5) is 12.9. The molecule has 2 aliphatic heterocycles. The molecule has 2 atom stereocenters. The van der Waals surface area contributed by atoms with E-state index in [0.717, 1.165) is 37.4 Å². The lowest BCUT2D eigenvalue weighted by Gasteiger charge is -2.20. The molecule has 1 aromatic carbocycles. The Balaban J connectivity index is 1.86. The molecule has 0 aliphatic carbocycles. The molecule has 0 saturated carbocycles. The van der Waals surface area contributed by atoms with Gasteiger partial charge in [-0.3, -0.25) is 10.1 Å². The maximum absolute atomic E-state index is 10.9. The van der Waals surface area contributed by atoms with Gasteiger partial charge in [-0.2, -0.15) is 0 Å². The predicted molar refractivity (Wildman–Crippen MR) is 69.9 cm³/mol. The van der Waals surface area contributed by atoms with Crippen molar-refractivity contribution in [2.24, 2.45) is 11.8 Å². The van der Waals surface area contributed by atoms with Crippen molar-refractivity contribution in [1.29, 1.82) is 0 Å². The van der Waals surface area contributed by atoms with E-state index < -0.39 is 0 Å². The molecule has 5 heteroatoms. The summed E-state index contributed by atoms with van der Waals surface area (Å²) in [6.07, 6.45) is 0. The van der Waals surface area contributed by atoms with Crippen LogP contribution in [0.15, 0.2) is 18.2 Å². The zero-order valence-corrected chi connectivity index (χ0v) is 10.4. The third-order valence-electron chi connectivity index (χ3n) is 4.01. The highest BCUT2D eigenvalue weighted by Crippen LogP contribution is 2.32. The summed E-state index contributed by atoms with van der Waals surface area (Å²) in [6.45, 7) is 6.09. The SMILES string of the molecule is Cc1cc(N2CC3CNCC3C2)cc([N+](=O)[O-])c1. The summed E-state index contributed by atoms with van der Waals surface area (Å²) < 4.78 is 0. The summed E-state index contributed by atoms with van der Waals surface area (Å²) in [5.41, 5.74) is 2.14. The fraction of sp³-hybridized carbons (Fsp3) is 0.538. The third kappa shape index (κ3) is 1.95. The molecule has 3 rings (SSSR count). The largest absolute Gasteiger partial charge is 0.371 e. The normalized spacial score (nSPS) is 26.4. The van der Waals surface area contributed by atoms with Crippen LogP contribution in [0, 0.1) is 28.9 Å². The Labute approximate surface area is 106 Å². The molecule has 1 N–H and O–H groups in total. The number of nitro groups is 1. The van der Waals surface area contributed by atoms with E-state index in [1.807, 2.05) is 13.0 Å². The highest BCUT2D eigenvalue weighted by Gasteiger charge is 2.36. The molecule has 1 aromatic rings. The molecule has 2 saturated heterocycles. The maximum atomic E-state index is 10.9. The smallest absolute Gasteiger partial charge is 0.271 e. The molecular weight excluding hydrogens is 230 g/mol. The molecular formula is C13H17N3O2. The molecule has 0 amide bonds. The van der Waals surface area contributed by atoms with Crippen LogP contribution >= 0.6 is 0 Å². The summed E-state index contributed by atoms with van der Waals surface area (Å²) in [5, 5.41) is 14.3. The summed E-state index contributed by atoms with van der Waals surface area (Å²) in [7, 11) is 0. The maximum Gasteiger partial charge on any atom is 0.271 e. The lowest BCUT2D eigenvalue weighted by molar-refractivity contribution is -0.384. The van der Waals surface area contributed by atoms with Gasteiger partial charge >= 0.3 is 0 Å². The van der Waals surface area contributed by atoms with Gasteiger partial charge < -0.3 is 10.2 Å². The van der Waals surface area contributed by atoms with E-state index in [4.69, 9.17) is 0 Å². The van der Waals surface area contributed by atoms with E-state index in [1.54, 1.807) is 12.1 Å². The van der Waals surface area contributed by atoms with Crippen molar-refractivity contribution in [2.45, 2.75) is 6.92 Å². The Morgan fingerprint density at radius 1 is 1.28 bits per heavy atom. The number of aryl methyl sites for hydroxylation is 1. The van der Waals surface area contributed by atoms with Gasteiger partial charge in [0.1, 0.15) is 0 Å². The standard InChI is InChI=1S/C13H17N3O2/c1-9-2-12(4-13(3-9)16(17)18)15-7-10-5-14-6-11(10)8-15/h2-4,10-11,14H,5-8H2,1H3. The number of fused-ring (bicyclic) bond motifs is 1. The Morgan fingerprint density at radius 3 is 2.56 bits per heavy atom. The van der Waals surface area contributed by atoms with Gasteiger partial charge in [-0.1, -0.05) is 0 Å². The van der Waals surface area contributed by atoms with E-state index in [1.165, 1.54) is 0 Å². The van der Waals surface area contributed by atoms with Crippen molar-refractivity contribution in [1.82, 2.24) is 5.32 Å². The quantitative estimate of drug-likeness (QED) is 0.636. The zero-order valence-electron chi connectivity index (χ0n) is 10.4. The Morgan fingerprint density at radius 2 is 1.94 bits per heavy atom. The highest BCUT2D eigenvalue weighted by molar-refractivity contribution is 5.56. The minimum Gasteiger partial charge on any atom is -0.371 e. The summed E-state index contributed by atoms with van der Waals surface area (Å²) in [6, 6.07) is 5.37. The van der Waals surface area contributed by atoms with Crippen LogP contribution in [0.2, 0.25) is 0 Å². The van der Waals surface area contributed by atoms with Crippen molar-refractivity contribution in [3.8, 4) is 0 Å². The second kappa shape index (κ2) is 4.24. The second-order valence-electron chi connectivity index (χ2n) is 5.37. The van der Waals surface area contributed by atoms with Crippen molar-refractivity contribution < 1.29 is 4.92 Å². The molecule has 2 unspecified atom stereocenters. The van der Waals surface area contributed by atoms with Crippen LogP contribution in [-0.4, -0.2) is 31.1 Å². The zero-order chi connectivity index (χ0) is 12.7. The molecule has 2 heterocycles. The predicted octanol–water partition coefficient (Wildman–Crippen LogP) is 1.56. The first kappa shape index (κ1) is 11.5. The second-order valence-corrected chi connectivity index (χ2v) is 5.37.